The van der Waals surface area contributed by atoms with Crippen LogP contribution in [0.15, 0.2) is 30.3 Å². The van der Waals surface area contributed by atoms with E-state index in [4.69, 9.17) is 9.47 Å². The van der Waals surface area contributed by atoms with Crippen molar-refractivity contribution in [2.24, 2.45) is 0 Å². The van der Waals surface area contributed by atoms with Gasteiger partial charge in [0.2, 0.25) is 5.91 Å². The molecule has 0 unspecified atom stereocenters. The van der Waals surface area contributed by atoms with Gasteiger partial charge in [0.25, 0.3) is 0 Å². The highest BCUT2D eigenvalue weighted by molar-refractivity contribution is 5.91. The highest BCUT2D eigenvalue weighted by Gasteiger charge is 2.10. The molecule has 0 radical (unpaired) electrons. The number of rotatable bonds is 6. The Bertz CT molecular complexity index is 313. The number of methoxy groups -OCH3 is 1. The topological polar surface area (TPSA) is 38.8 Å². The average Bonchev–Trinajstić information content (AvgIpc) is 2.30. The molecule has 0 saturated heterocycles. The lowest BCUT2D eigenvalue weighted by Gasteiger charge is -2.20. The standard InChI is InChI=1S/C12H17NO3/c1-11(14)13(10-16-9-8-15-2)12-6-4-3-5-7-12/h3-7H,8-10H2,1-2H3. The molecule has 4 heteroatoms. The van der Waals surface area contributed by atoms with Crippen LogP contribution in [0.3, 0.4) is 0 Å². The number of carbonyl (C=O) groups excluding carboxylic acids is 1. The molecule has 0 aliphatic heterocycles. The quantitative estimate of drug-likeness (QED) is 0.544. The first-order chi connectivity index (χ1) is 7.75. The average molecular weight is 223 g/mol. The molecule has 88 valence electrons. The lowest BCUT2D eigenvalue weighted by atomic mass is 10.3. The van der Waals surface area contributed by atoms with Gasteiger partial charge in [-0.2, -0.15) is 0 Å². The maximum atomic E-state index is 11.4. The molecule has 1 rings (SSSR count). The van der Waals surface area contributed by atoms with E-state index in [0.29, 0.717) is 13.2 Å². The molecule has 0 spiro atoms. The molecule has 1 amide bonds. The van der Waals surface area contributed by atoms with Gasteiger partial charge in [-0.15, -0.1) is 0 Å². The van der Waals surface area contributed by atoms with Crippen molar-refractivity contribution in [1.82, 2.24) is 0 Å². The van der Waals surface area contributed by atoms with Crippen LogP contribution in [0.1, 0.15) is 6.92 Å². The van der Waals surface area contributed by atoms with Crippen LogP contribution in [0.5, 0.6) is 0 Å². The zero-order chi connectivity index (χ0) is 11.8. The van der Waals surface area contributed by atoms with E-state index in [1.54, 1.807) is 12.0 Å². The van der Waals surface area contributed by atoms with Gasteiger partial charge in [0.15, 0.2) is 0 Å². The molecule has 0 bridgehead atoms. The summed E-state index contributed by atoms with van der Waals surface area (Å²) in [5.74, 6) is -0.0383. The fourth-order valence-electron chi connectivity index (χ4n) is 1.25. The Kier molecular flexibility index (Phi) is 5.53. The fraction of sp³-hybridized carbons (Fsp3) is 0.417. The molecule has 0 aliphatic rings. The zero-order valence-electron chi connectivity index (χ0n) is 9.68. The van der Waals surface area contributed by atoms with Crippen LogP contribution in [0, 0.1) is 0 Å². The Balaban J connectivity index is 2.52. The minimum atomic E-state index is -0.0383. The fourth-order valence-corrected chi connectivity index (χ4v) is 1.25. The molecule has 16 heavy (non-hydrogen) atoms. The van der Waals surface area contributed by atoms with Crippen LogP contribution in [0.2, 0.25) is 0 Å². The smallest absolute Gasteiger partial charge is 0.225 e. The predicted octanol–water partition coefficient (Wildman–Crippen LogP) is 1.66. The monoisotopic (exact) mass is 223 g/mol. The predicted molar refractivity (Wildman–Crippen MR) is 62.3 cm³/mol. The van der Waals surface area contributed by atoms with Crippen molar-refractivity contribution in [3.63, 3.8) is 0 Å². The van der Waals surface area contributed by atoms with Crippen molar-refractivity contribution < 1.29 is 14.3 Å². The maximum Gasteiger partial charge on any atom is 0.225 e. The van der Waals surface area contributed by atoms with Gasteiger partial charge in [0.1, 0.15) is 6.73 Å². The Morgan fingerprint density at radius 2 is 1.94 bits per heavy atom. The number of carbonyl (C=O) groups is 1. The second-order valence-corrected chi connectivity index (χ2v) is 3.31. The second kappa shape index (κ2) is 6.98. The largest absolute Gasteiger partial charge is 0.382 e. The molecule has 0 fully saturated rings. The van der Waals surface area contributed by atoms with Crippen molar-refractivity contribution in [2.75, 3.05) is 32.0 Å². The first kappa shape index (κ1) is 12.7. The van der Waals surface area contributed by atoms with E-state index in [1.165, 1.54) is 6.92 Å². The van der Waals surface area contributed by atoms with E-state index in [1.807, 2.05) is 30.3 Å². The normalized spacial score (nSPS) is 10.1. The summed E-state index contributed by atoms with van der Waals surface area (Å²) in [5.41, 5.74) is 0.840. The first-order valence-electron chi connectivity index (χ1n) is 5.15. The van der Waals surface area contributed by atoms with E-state index in [2.05, 4.69) is 0 Å². The van der Waals surface area contributed by atoms with Crippen LogP contribution in [0.25, 0.3) is 0 Å². The van der Waals surface area contributed by atoms with E-state index in [9.17, 15) is 4.79 Å². The Morgan fingerprint density at radius 1 is 1.25 bits per heavy atom. The summed E-state index contributed by atoms with van der Waals surface area (Å²) in [6.07, 6.45) is 0. The summed E-state index contributed by atoms with van der Waals surface area (Å²) in [7, 11) is 1.61. The lowest BCUT2D eigenvalue weighted by molar-refractivity contribution is -0.117. The summed E-state index contributed by atoms with van der Waals surface area (Å²) in [6, 6.07) is 9.44. The van der Waals surface area contributed by atoms with Crippen LogP contribution in [-0.2, 0) is 14.3 Å². The third-order valence-electron chi connectivity index (χ3n) is 2.10. The highest BCUT2D eigenvalue weighted by atomic mass is 16.5. The van der Waals surface area contributed by atoms with E-state index in [0.717, 1.165) is 5.69 Å². The van der Waals surface area contributed by atoms with Crippen LogP contribution < -0.4 is 4.90 Å². The molecule has 1 aromatic carbocycles. The van der Waals surface area contributed by atoms with Crippen LogP contribution >= 0.6 is 0 Å². The number of hydrogen-bond donors (Lipinski definition) is 0. The second-order valence-electron chi connectivity index (χ2n) is 3.31. The summed E-state index contributed by atoms with van der Waals surface area (Å²) in [5, 5.41) is 0. The van der Waals surface area contributed by atoms with E-state index < -0.39 is 0 Å². The number of nitrogens with zero attached hydrogens (tertiary/aromatic N) is 1. The van der Waals surface area contributed by atoms with Crippen molar-refractivity contribution in [3.05, 3.63) is 30.3 Å². The number of amides is 1. The van der Waals surface area contributed by atoms with Gasteiger partial charge in [0, 0.05) is 19.7 Å². The lowest BCUT2D eigenvalue weighted by Crippen LogP contribution is -2.31. The molecule has 0 aromatic heterocycles. The minimum absolute atomic E-state index is 0.0383. The van der Waals surface area contributed by atoms with Crippen molar-refractivity contribution >= 4 is 11.6 Å². The summed E-state index contributed by atoms with van der Waals surface area (Å²) in [4.78, 5) is 13.0. The molecule has 4 nitrogen and oxygen atoms in total. The Hall–Kier alpha value is -1.39. The number of anilines is 1. The molecule has 0 atom stereocenters. The van der Waals surface area contributed by atoms with Crippen molar-refractivity contribution in [1.29, 1.82) is 0 Å². The van der Waals surface area contributed by atoms with Crippen LogP contribution in [0.4, 0.5) is 5.69 Å². The Morgan fingerprint density at radius 3 is 2.50 bits per heavy atom. The number of hydrogen-bond acceptors (Lipinski definition) is 3. The van der Waals surface area contributed by atoms with Gasteiger partial charge in [-0.05, 0) is 12.1 Å². The molecule has 1 aromatic rings. The van der Waals surface area contributed by atoms with Gasteiger partial charge in [-0.3, -0.25) is 9.69 Å². The van der Waals surface area contributed by atoms with Crippen molar-refractivity contribution in [3.8, 4) is 0 Å². The van der Waals surface area contributed by atoms with Gasteiger partial charge >= 0.3 is 0 Å². The van der Waals surface area contributed by atoms with Crippen LogP contribution in [-0.4, -0.2) is 33.0 Å². The minimum Gasteiger partial charge on any atom is -0.382 e. The van der Waals surface area contributed by atoms with Gasteiger partial charge in [-0.1, -0.05) is 18.2 Å². The summed E-state index contributed by atoms with van der Waals surface area (Å²) < 4.78 is 10.2. The Labute approximate surface area is 95.8 Å². The maximum absolute atomic E-state index is 11.4. The summed E-state index contributed by atoms with van der Waals surface area (Å²) in [6.45, 7) is 2.78. The first-order valence-corrected chi connectivity index (χ1v) is 5.15. The SMILES string of the molecule is COCCOCN(C(C)=O)c1ccccc1. The molecule has 0 heterocycles. The number of benzene rings is 1. The highest BCUT2D eigenvalue weighted by Crippen LogP contribution is 2.12. The molecule has 0 aliphatic carbocycles. The third-order valence-corrected chi connectivity index (χ3v) is 2.10. The third kappa shape index (κ3) is 4.00. The van der Waals surface area contributed by atoms with Gasteiger partial charge in [0.05, 0.1) is 13.2 Å². The number of para-hydroxylation sites is 1. The summed E-state index contributed by atoms with van der Waals surface area (Å²) >= 11 is 0. The van der Waals surface area contributed by atoms with E-state index in [-0.39, 0.29) is 12.6 Å². The van der Waals surface area contributed by atoms with Gasteiger partial charge in [-0.25, -0.2) is 0 Å². The zero-order valence-corrected chi connectivity index (χ0v) is 9.68. The molecular formula is C12H17NO3. The molecule has 0 saturated carbocycles. The van der Waals surface area contributed by atoms with E-state index >= 15 is 0 Å². The van der Waals surface area contributed by atoms with Crippen molar-refractivity contribution in [2.45, 2.75) is 6.92 Å². The number of ether oxygens (including phenoxy) is 2. The molecular weight excluding hydrogens is 206 g/mol. The molecule has 0 N–H and O–H groups in total. The van der Waals surface area contributed by atoms with Gasteiger partial charge < -0.3 is 9.47 Å².